The van der Waals surface area contributed by atoms with Gasteiger partial charge in [-0.3, -0.25) is 0 Å². The van der Waals surface area contributed by atoms with Crippen molar-refractivity contribution >= 4 is 12.6 Å². The highest BCUT2D eigenvalue weighted by Crippen LogP contribution is 2.34. The van der Waals surface area contributed by atoms with Gasteiger partial charge >= 0.3 is 0 Å². The maximum Gasteiger partial charge on any atom is 0.203 e. The first-order chi connectivity index (χ1) is 9.90. The fourth-order valence-corrected chi connectivity index (χ4v) is 2.84. The predicted molar refractivity (Wildman–Crippen MR) is 77.9 cm³/mol. The molecule has 1 nitrogen and oxygen atoms in total. The van der Waals surface area contributed by atoms with Gasteiger partial charge in [0, 0.05) is 11.5 Å². The van der Waals surface area contributed by atoms with Crippen LogP contribution >= 0.6 is 12.6 Å². The van der Waals surface area contributed by atoms with Crippen LogP contribution in [0, 0.1) is 28.7 Å². The predicted octanol–water partition coefficient (Wildman–Crippen LogP) is 5.14. The summed E-state index contributed by atoms with van der Waals surface area (Å²) in [5, 5.41) is 0. The van der Waals surface area contributed by atoms with Crippen molar-refractivity contribution in [2.75, 3.05) is 12.4 Å². The molecule has 0 aliphatic rings. The summed E-state index contributed by atoms with van der Waals surface area (Å²) < 4.78 is 58.5. The standard InChI is InChI=1S/C15H20F4OS/c1-3-5-15(9-21,6-4-2)8-20-14-12(18)10(16)7-11(17)13(14)19/h7,21H,3-6,8-9H2,1-2H3. The van der Waals surface area contributed by atoms with Gasteiger partial charge in [-0.05, 0) is 18.6 Å². The molecule has 0 N–H and O–H groups in total. The van der Waals surface area contributed by atoms with E-state index < -0.39 is 29.0 Å². The summed E-state index contributed by atoms with van der Waals surface area (Å²) >= 11 is 4.29. The largest absolute Gasteiger partial charge is 0.487 e. The number of benzene rings is 1. The number of ether oxygens (including phenoxy) is 1. The molecule has 0 heterocycles. The molecule has 1 aromatic carbocycles. The summed E-state index contributed by atoms with van der Waals surface area (Å²) in [4.78, 5) is 0. The van der Waals surface area contributed by atoms with E-state index in [1.165, 1.54) is 0 Å². The van der Waals surface area contributed by atoms with Gasteiger partial charge in [-0.2, -0.15) is 21.4 Å². The molecule has 21 heavy (non-hydrogen) atoms. The molecule has 120 valence electrons. The van der Waals surface area contributed by atoms with Gasteiger partial charge in [-0.15, -0.1) is 0 Å². The fourth-order valence-electron chi connectivity index (χ4n) is 2.44. The second-order valence-electron chi connectivity index (χ2n) is 5.24. The summed E-state index contributed by atoms with van der Waals surface area (Å²) in [6.07, 6.45) is 3.22. The third kappa shape index (κ3) is 4.28. The van der Waals surface area contributed by atoms with E-state index in [1.807, 2.05) is 13.8 Å². The van der Waals surface area contributed by atoms with Gasteiger partial charge in [0.2, 0.25) is 11.6 Å². The lowest BCUT2D eigenvalue weighted by molar-refractivity contribution is 0.132. The van der Waals surface area contributed by atoms with Crippen LogP contribution in [-0.2, 0) is 0 Å². The van der Waals surface area contributed by atoms with Crippen molar-refractivity contribution in [3.63, 3.8) is 0 Å². The van der Waals surface area contributed by atoms with Gasteiger partial charge in [0.1, 0.15) is 0 Å². The normalized spacial score (nSPS) is 11.8. The third-order valence-electron chi connectivity index (χ3n) is 3.49. The fraction of sp³-hybridized carbons (Fsp3) is 0.600. The molecule has 0 spiro atoms. The van der Waals surface area contributed by atoms with Gasteiger partial charge in [0.05, 0.1) is 6.61 Å². The van der Waals surface area contributed by atoms with Crippen LogP contribution < -0.4 is 4.74 Å². The SMILES string of the molecule is CCCC(CS)(CCC)COc1c(F)c(F)cc(F)c1F. The summed E-state index contributed by atoms with van der Waals surface area (Å²) in [6, 6.07) is 0.168. The Labute approximate surface area is 128 Å². The van der Waals surface area contributed by atoms with Gasteiger partial charge < -0.3 is 4.74 Å². The molecule has 0 unspecified atom stereocenters. The molecule has 6 heteroatoms. The number of rotatable bonds is 8. The minimum atomic E-state index is -1.50. The van der Waals surface area contributed by atoms with Crippen LogP contribution in [0.4, 0.5) is 17.6 Å². The summed E-state index contributed by atoms with van der Waals surface area (Å²) in [5.41, 5.74) is -0.367. The van der Waals surface area contributed by atoms with Crippen molar-refractivity contribution < 1.29 is 22.3 Å². The molecule has 0 atom stereocenters. The molecule has 0 aromatic heterocycles. The highest BCUT2D eigenvalue weighted by atomic mass is 32.1. The van der Waals surface area contributed by atoms with Crippen molar-refractivity contribution in [2.45, 2.75) is 39.5 Å². The third-order valence-corrected chi connectivity index (χ3v) is 4.16. The number of hydrogen-bond acceptors (Lipinski definition) is 2. The van der Waals surface area contributed by atoms with E-state index in [9.17, 15) is 17.6 Å². The van der Waals surface area contributed by atoms with E-state index in [1.54, 1.807) is 0 Å². The molecule has 0 amide bonds. The van der Waals surface area contributed by atoms with E-state index >= 15 is 0 Å². The first-order valence-corrected chi connectivity index (χ1v) is 7.60. The first kappa shape index (κ1) is 18.1. The number of halogens is 4. The summed E-state index contributed by atoms with van der Waals surface area (Å²) in [7, 11) is 0. The zero-order valence-electron chi connectivity index (χ0n) is 12.2. The molecule has 1 aromatic rings. The second kappa shape index (κ2) is 7.92. The smallest absolute Gasteiger partial charge is 0.203 e. The number of thiol groups is 1. The maximum absolute atomic E-state index is 13.6. The van der Waals surface area contributed by atoms with Gasteiger partial charge in [0.25, 0.3) is 0 Å². The lowest BCUT2D eigenvalue weighted by atomic mass is 9.82. The van der Waals surface area contributed by atoms with Crippen molar-refractivity contribution in [3.05, 3.63) is 29.3 Å². The minimum Gasteiger partial charge on any atom is -0.487 e. The molecule has 0 aliphatic carbocycles. The van der Waals surface area contributed by atoms with Crippen LogP contribution in [0.5, 0.6) is 5.75 Å². The molecule has 0 aliphatic heterocycles. The van der Waals surface area contributed by atoms with Crippen LogP contribution in [0.25, 0.3) is 0 Å². The summed E-state index contributed by atoms with van der Waals surface area (Å²) in [6.45, 7) is 3.93. The minimum absolute atomic E-state index is 0.0328. The van der Waals surface area contributed by atoms with Crippen molar-refractivity contribution in [1.82, 2.24) is 0 Å². The van der Waals surface area contributed by atoms with E-state index in [4.69, 9.17) is 4.74 Å². The lowest BCUT2D eigenvalue weighted by Crippen LogP contribution is -2.31. The molecular formula is C15H20F4OS. The molecule has 1 rings (SSSR count). The Hall–Kier alpha value is -0.910. The van der Waals surface area contributed by atoms with Crippen LogP contribution in [0.2, 0.25) is 0 Å². The second-order valence-corrected chi connectivity index (χ2v) is 5.56. The van der Waals surface area contributed by atoms with Crippen LogP contribution in [-0.4, -0.2) is 12.4 Å². The van der Waals surface area contributed by atoms with Crippen molar-refractivity contribution in [2.24, 2.45) is 5.41 Å². The van der Waals surface area contributed by atoms with Crippen LogP contribution in [0.15, 0.2) is 6.07 Å². The monoisotopic (exact) mass is 324 g/mol. The van der Waals surface area contributed by atoms with E-state index in [0.29, 0.717) is 5.75 Å². The Morgan fingerprint density at radius 3 is 1.86 bits per heavy atom. The Morgan fingerprint density at radius 1 is 1.00 bits per heavy atom. The number of hydrogen-bond donors (Lipinski definition) is 1. The summed E-state index contributed by atoms with van der Waals surface area (Å²) in [5.74, 6) is -6.47. The van der Waals surface area contributed by atoms with Crippen molar-refractivity contribution in [3.8, 4) is 5.75 Å². The highest BCUT2D eigenvalue weighted by molar-refractivity contribution is 7.80. The van der Waals surface area contributed by atoms with Gasteiger partial charge in [0.15, 0.2) is 17.4 Å². The Kier molecular flexibility index (Phi) is 6.84. The molecule has 0 radical (unpaired) electrons. The first-order valence-electron chi connectivity index (χ1n) is 6.97. The molecule has 0 bridgehead atoms. The zero-order valence-corrected chi connectivity index (χ0v) is 13.1. The average Bonchev–Trinajstić information content (AvgIpc) is 2.45. The topological polar surface area (TPSA) is 9.23 Å². The average molecular weight is 324 g/mol. The van der Waals surface area contributed by atoms with Gasteiger partial charge in [-0.25, -0.2) is 8.78 Å². The zero-order chi connectivity index (χ0) is 16.0. The molecule has 0 fully saturated rings. The Morgan fingerprint density at radius 2 is 1.48 bits per heavy atom. The molecule has 0 saturated carbocycles. The highest BCUT2D eigenvalue weighted by Gasteiger charge is 2.30. The Bertz CT molecular complexity index is 447. The quantitative estimate of drug-likeness (QED) is 0.396. The maximum atomic E-state index is 13.6. The van der Waals surface area contributed by atoms with Gasteiger partial charge in [-0.1, -0.05) is 26.7 Å². The molecular weight excluding hydrogens is 304 g/mol. The lowest BCUT2D eigenvalue weighted by Gasteiger charge is -2.31. The van der Waals surface area contributed by atoms with E-state index in [0.717, 1.165) is 25.7 Å². The van der Waals surface area contributed by atoms with Crippen LogP contribution in [0.3, 0.4) is 0 Å². The molecule has 0 saturated heterocycles. The Balaban J connectivity index is 3.00. The van der Waals surface area contributed by atoms with E-state index in [2.05, 4.69) is 12.6 Å². The van der Waals surface area contributed by atoms with Crippen molar-refractivity contribution in [1.29, 1.82) is 0 Å². The van der Waals surface area contributed by atoms with Crippen LogP contribution in [0.1, 0.15) is 39.5 Å². The van der Waals surface area contributed by atoms with E-state index in [-0.39, 0.29) is 18.1 Å².